The Bertz CT molecular complexity index is 1510. The molecule has 0 radical (unpaired) electrons. The Morgan fingerprint density at radius 2 is 1.23 bits per heavy atom. The molecule has 0 saturated carbocycles. The van der Waals surface area contributed by atoms with Crippen LogP contribution in [-0.2, 0) is 10.1 Å². The van der Waals surface area contributed by atoms with Gasteiger partial charge in [-0.25, -0.2) is 13.4 Å². The molecular formula is C24H15N2NaO3S. The standard InChI is InChI=1S/C24H16N2O3S.Na/c27-30(28,29)22-15-21(17-9-5-2-6-10-17)20-12-11-19-18(16-7-3-1-4-8-16)13-14-25-23(19)24(20)26-22;/h1-15H,(H,27,28,29);/q;+1/p-1. The Morgan fingerprint density at radius 3 is 1.81 bits per heavy atom. The largest absolute Gasteiger partial charge is 1.00 e. The van der Waals surface area contributed by atoms with Crippen molar-refractivity contribution in [1.82, 2.24) is 9.97 Å². The van der Waals surface area contributed by atoms with E-state index in [0.29, 0.717) is 16.6 Å². The first kappa shape index (κ1) is 21.6. The van der Waals surface area contributed by atoms with Crippen LogP contribution >= 0.6 is 0 Å². The summed E-state index contributed by atoms with van der Waals surface area (Å²) in [6.45, 7) is 0. The molecule has 31 heavy (non-hydrogen) atoms. The number of fused-ring (bicyclic) bond motifs is 3. The molecule has 0 fully saturated rings. The van der Waals surface area contributed by atoms with Crippen molar-refractivity contribution in [1.29, 1.82) is 0 Å². The van der Waals surface area contributed by atoms with Crippen molar-refractivity contribution in [2.75, 3.05) is 0 Å². The Hall–Kier alpha value is -2.61. The number of nitrogens with zero attached hydrogens (tertiary/aromatic N) is 2. The molecule has 2 aromatic heterocycles. The van der Waals surface area contributed by atoms with Gasteiger partial charge in [-0.15, -0.1) is 0 Å². The van der Waals surface area contributed by atoms with E-state index in [0.717, 1.165) is 27.5 Å². The fourth-order valence-electron chi connectivity index (χ4n) is 3.73. The van der Waals surface area contributed by atoms with Crippen LogP contribution in [0.1, 0.15) is 0 Å². The Labute approximate surface area is 201 Å². The van der Waals surface area contributed by atoms with Gasteiger partial charge in [-0.05, 0) is 34.4 Å². The second-order valence-corrected chi connectivity index (χ2v) is 8.24. The monoisotopic (exact) mass is 434 g/mol. The summed E-state index contributed by atoms with van der Waals surface area (Å²) in [5.41, 5.74) is 4.34. The molecule has 0 aliphatic carbocycles. The van der Waals surface area contributed by atoms with Crippen molar-refractivity contribution in [2.45, 2.75) is 5.03 Å². The number of hydrogen-bond donors (Lipinski definition) is 0. The molecule has 0 N–H and O–H groups in total. The molecule has 5 aromatic rings. The molecule has 0 atom stereocenters. The molecule has 5 nitrogen and oxygen atoms in total. The number of benzene rings is 3. The zero-order valence-corrected chi connectivity index (χ0v) is 19.5. The van der Waals surface area contributed by atoms with Crippen LogP contribution in [0.3, 0.4) is 0 Å². The summed E-state index contributed by atoms with van der Waals surface area (Å²) < 4.78 is 35.5. The first-order valence-corrected chi connectivity index (χ1v) is 10.7. The second-order valence-electron chi connectivity index (χ2n) is 6.91. The van der Waals surface area contributed by atoms with Crippen molar-refractivity contribution in [3.8, 4) is 22.3 Å². The van der Waals surface area contributed by atoms with Crippen molar-refractivity contribution in [3.63, 3.8) is 0 Å². The molecular weight excluding hydrogens is 419 g/mol. The summed E-state index contributed by atoms with van der Waals surface area (Å²) in [5.74, 6) is 0. The van der Waals surface area contributed by atoms with Gasteiger partial charge in [0.1, 0.15) is 15.1 Å². The molecule has 146 valence electrons. The normalized spacial score (nSPS) is 11.4. The maximum atomic E-state index is 11.8. The Balaban J connectivity index is 0.00000231. The van der Waals surface area contributed by atoms with E-state index in [2.05, 4.69) is 9.97 Å². The van der Waals surface area contributed by atoms with E-state index in [-0.39, 0.29) is 29.6 Å². The summed E-state index contributed by atoms with van der Waals surface area (Å²) in [7, 11) is -4.74. The first-order valence-electron chi connectivity index (χ1n) is 9.31. The molecule has 0 aliphatic heterocycles. The third kappa shape index (κ3) is 4.01. The van der Waals surface area contributed by atoms with Gasteiger partial charge < -0.3 is 4.55 Å². The van der Waals surface area contributed by atoms with Gasteiger partial charge in [-0.3, -0.25) is 4.98 Å². The molecule has 0 spiro atoms. The summed E-state index contributed by atoms with van der Waals surface area (Å²) in [4.78, 5) is 8.73. The van der Waals surface area contributed by atoms with Crippen LogP contribution in [0.25, 0.3) is 44.1 Å². The van der Waals surface area contributed by atoms with Crippen LogP contribution in [0, 0.1) is 0 Å². The van der Waals surface area contributed by atoms with E-state index in [1.54, 1.807) is 6.20 Å². The van der Waals surface area contributed by atoms with Crippen LogP contribution in [-0.4, -0.2) is 22.9 Å². The second kappa shape index (κ2) is 8.49. The van der Waals surface area contributed by atoms with E-state index in [4.69, 9.17) is 0 Å². The van der Waals surface area contributed by atoms with E-state index in [1.807, 2.05) is 78.9 Å². The SMILES string of the molecule is O=S(=O)([O-])c1cc(-c2ccccc2)c2ccc3c(-c4ccccc4)ccnc3c2n1.[Na+]. The van der Waals surface area contributed by atoms with Crippen LogP contribution in [0.4, 0.5) is 0 Å². The van der Waals surface area contributed by atoms with E-state index >= 15 is 0 Å². The number of rotatable bonds is 3. The van der Waals surface area contributed by atoms with Crippen molar-refractivity contribution >= 4 is 31.9 Å². The fourth-order valence-corrected chi connectivity index (χ4v) is 4.20. The molecule has 7 heteroatoms. The molecule has 0 aliphatic rings. The zero-order valence-electron chi connectivity index (χ0n) is 16.7. The zero-order chi connectivity index (χ0) is 20.7. The van der Waals surface area contributed by atoms with Gasteiger partial charge in [-0.2, -0.15) is 0 Å². The Kier molecular flexibility index (Phi) is 5.92. The molecule has 5 rings (SSSR count). The minimum absolute atomic E-state index is 0. The van der Waals surface area contributed by atoms with Gasteiger partial charge in [0.2, 0.25) is 0 Å². The van der Waals surface area contributed by atoms with E-state index in [1.165, 1.54) is 6.07 Å². The molecule has 0 saturated heterocycles. The average Bonchev–Trinajstić information content (AvgIpc) is 2.78. The van der Waals surface area contributed by atoms with Crippen LogP contribution in [0.2, 0.25) is 0 Å². The molecule has 0 amide bonds. The van der Waals surface area contributed by atoms with Gasteiger partial charge in [0, 0.05) is 17.0 Å². The fraction of sp³-hybridized carbons (Fsp3) is 0. The predicted molar refractivity (Wildman–Crippen MR) is 116 cm³/mol. The van der Waals surface area contributed by atoms with Gasteiger partial charge in [0.15, 0.2) is 0 Å². The topological polar surface area (TPSA) is 83.0 Å². The third-order valence-electron chi connectivity index (χ3n) is 5.09. The maximum Gasteiger partial charge on any atom is 1.00 e. The number of aromatic nitrogens is 2. The molecule has 3 aromatic carbocycles. The molecule has 2 heterocycles. The quantitative estimate of drug-likeness (QED) is 0.247. The number of hydrogen-bond acceptors (Lipinski definition) is 5. The van der Waals surface area contributed by atoms with Crippen LogP contribution in [0.5, 0.6) is 0 Å². The van der Waals surface area contributed by atoms with Gasteiger partial charge in [-0.1, -0.05) is 72.8 Å². The molecule has 0 unspecified atom stereocenters. The van der Waals surface area contributed by atoms with E-state index < -0.39 is 15.1 Å². The molecule has 0 bridgehead atoms. The summed E-state index contributed by atoms with van der Waals surface area (Å²) in [6, 6.07) is 26.3. The first-order chi connectivity index (χ1) is 14.5. The summed E-state index contributed by atoms with van der Waals surface area (Å²) in [6.07, 6.45) is 1.67. The minimum Gasteiger partial charge on any atom is -0.743 e. The number of pyridine rings is 2. The van der Waals surface area contributed by atoms with E-state index in [9.17, 15) is 13.0 Å². The smallest absolute Gasteiger partial charge is 0.743 e. The Morgan fingerprint density at radius 1 is 0.677 bits per heavy atom. The summed E-state index contributed by atoms with van der Waals surface area (Å²) in [5, 5.41) is 1.07. The van der Waals surface area contributed by atoms with Gasteiger partial charge in [0.25, 0.3) is 0 Å². The average molecular weight is 434 g/mol. The minimum atomic E-state index is -4.74. The van der Waals surface area contributed by atoms with Crippen molar-refractivity contribution in [3.05, 3.63) is 91.1 Å². The predicted octanol–water partition coefficient (Wildman–Crippen LogP) is 2.03. The van der Waals surface area contributed by atoms with Crippen LogP contribution < -0.4 is 29.6 Å². The van der Waals surface area contributed by atoms with Gasteiger partial charge in [0.05, 0.1) is 11.0 Å². The summed E-state index contributed by atoms with van der Waals surface area (Å²) >= 11 is 0. The van der Waals surface area contributed by atoms with Gasteiger partial charge >= 0.3 is 29.6 Å². The van der Waals surface area contributed by atoms with Crippen LogP contribution in [0.15, 0.2) is 96.2 Å². The third-order valence-corrected chi connectivity index (χ3v) is 5.81. The maximum absolute atomic E-state index is 11.8. The van der Waals surface area contributed by atoms with Crippen molar-refractivity contribution < 1.29 is 42.5 Å². The van der Waals surface area contributed by atoms with Crippen molar-refractivity contribution in [2.24, 2.45) is 0 Å².